The first-order chi connectivity index (χ1) is 15.6. The molecule has 10 nitrogen and oxygen atoms in total. The standard InChI is InChI=1S/C22H33N7O3/c1-29(28-32)13-5-8-18(17-7-4-12-23-14-17)26-27-20(30)9-3-2-6-16-10-11-19-22(16)25-21(31)15-24-19/h4,7,12,14,16,19,22,24H,2-3,5-6,8-11,13,15H2,1H3,(H,25,31)(H,27,30). The molecule has 1 saturated heterocycles. The Hall–Kier alpha value is -2.88. The Morgan fingerprint density at radius 3 is 2.94 bits per heavy atom. The van der Waals surface area contributed by atoms with Crippen LogP contribution in [-0.4, -0.2) is 59.7 Å². The smallest absolute Gasteiger partial charge is 0.240 e. The van der Waals surface area contributed by atoms with Crippen LogP contribution in [0.3, 0.4) is 0 Å². The number of piperazine rings is 1. The molecule has 3 N–H and O–H groups in total. The second-order valence-corrected chi connectivity index (χ2v) is 8.57. The Morgan fingerprint density at radius 1 is 1.28 bits per heavy atom. The van der Waals surface area contributed by atoms with E-state index in [9.17, 15) is 14.5 Å². The Balaban J connectivity index is 1.41. The number of fused-ring (bicyclic) bond motifs is 1. The topological polar surface area (TPSA) is 128 Å². The summed E-state index contributed by atoms with van der Waals surface area (Å²) in [6.07, 6.45) is 10.0. The van der Waals surface area contributed by atoms with E-state index < -0.39 is 0 Å². The fourth-order valence-electron chi connectivity index (χ4n) is 4.51. The molecule has 0 radical (unpaired) electrons. The third kappa shape index (κ3) is 7.08. The maximum atomic E-state index is 12.3. The van der Waals surface area contributed by atoms with Gasteiger partial charge in [-0.15, -0.1) is 4.91 Å². The van der Waals surface area contributed by atoms with Crippen molar-refractivity contribution in [2.75, 3.05) is 20.1 Å². The van der Waals surface area contributed by atoms with E-state index in [0.717, 1.165) is 43.4 Å². The molecule has 2 heterocycles. The van der Waals surface area contributed by atoms with Gasteiger partial charge >= 0.3 is 0 Å². The Morgan fingerprint density at radius 2 is 2.16 bits per heavy atom. The van der Waals surface area contributed by atoms with Gasteiger partial charge in [-0.3, -0.25) is 19.6 Å². The van der Waals surface area contributed by atoms with Crippen LogP contribution in [0.15, 0.2) is 34.9 Å². The zero-order chi connectivity index (χ0) is 22.8. The molecule has 10 heteroatoms. The van der Waals surface area contributed by atoms with Crippen molar-refractivity contribution in [3.63, 3.8) is 0 Å². The summed E-state index contributed by atoms with van der Waals surface area (Å²) in [4.78, 5) is 38.6. The van der Waals surface area contributed by atoms with Crippen molar-refractivity contribution in [1.82, 2.24) is 26.1 Å². The van der Waals surface area contributed by atoms with Gasteiger partial charge < -0.3 is 10.6 Å². The maximum Gasteiger partial charge on any atom is 0.240 e. The van der Waals surface area contributed by atoms with Crippen LogP contribution in [0.1, 0.15) is 56.9 Å². The van der Waals surface area contributed by atoms with Gasteiger partial charge in [0.15, 0.2) is 0 Å². The Kier molecular flexibility index (Phi) is 9.09. The second kappa shape index (κ2) is 12.2. The predicted molar refractivity (Wildman–Crippen MR) is 121 cm³/mol. The van der Waals surface area contributed by atoms with E-state index in [1.54, 1.807) is 19.4 Å². The Labute approximate surface area is 188 Å². The van der Waals surface area contributed by atoms with Crippen molar-refractivity contribution in [3.8, 4) is 0 Å². The molecule has 1 aliphatic heterocycles. The number of hydrogen-bond donors (Lipinski definition) is 3. The van der Waals surface area contributed by atoms with Crippen LogP contribution in [0.25, 0.3) is 0 Å². The molecule has 1 saturated carbocycles. The Bertz CT molecular complexity index is 802. The number of carbonyl (C=O) groups is 2. The number of nitroso groups, excluding NO2 is 1. The summed E-state index contributed by atoms with van der Waals surface area (Å²) in [5.74, 6) is 0.442. The fourth-order valence-corrected chi connectivity index (χ4v) is 4.51. The molecule has 2 amide bonds. The lowest BCUT2D eigenvalue weighted by Crippen LogP contribution is -2.58. The summed E-state index contributed by atoms with van der Waals surface area (Å²) < 4.78 is 0. The molecular formula is C22H33N7O3. The summed E-state index contributed by atoms with van der Waals surface area (Å²) in [6.45, 7) is 0.927. The van der Waals surface area contributed by atoms with Crippen LogP contribution >= 0.6 is 0 Å². The minimum atomic E-state index is -0.116. The zero-order valence-corrected chi connectivity index (χ0v) is 18.6. The van der Waals surface area contributed by atoms with Crippen LogP contribution in [0.2, 0.25) is 0 Å². The van der Waals surface area contributed by atoms with Gasteiger partial charge in [-0.1, -0.05) is 12.5 Å². The number of nitrogens with one attached hydrogen (secondary N) is 3. The minimum absolute atomic E-state index is 0.0777. The largest absolute Gasteiger partial charge is 0.350 e. The van der Waals surface area contributed by atoms with E-state index in [4.69, 9.17) is 0 Å². The highest BCUT2D eigenvalue weighted by Crippen LogP contribution is 2.31. The van der Waals surface area contributed by atoms with Crippen molar-refractivity contribution >= 4 is 17.5 Å². The number of hydrazone groups is 1. The molecule has 2 fully saturated rings. The normalized spacial score (nSPS) is 22.7. The third-order valence-electron chi connectivity index (χ3n) is 6.22. The summed E-state index contributed by atoms with van der Waals surface area (Å²) >= 11 is 0. The highest BCUT2D eigenvalue weighted by atomic mass is 16.3. The van der Waals surface area contributed by atoms with E-state index in [1.165, 1.54) is 5.01 Å². The van der Waals surface area contributed by atoms with Gasteiger partial charge in [0.25, 0.3) is 0 Å². The fraction of sp³-hybridized carbons (Fsp3) is 0.636. The first-order valence-electron chi connectivity index (χ1n) is 11.4. The lowest BCUT2D eigenvalue weighted by Gasteiger charge is -2.31. The summed E-state index contributed by atoms with van der Waals surface area (Å²) in [6, 6.07) is 4.34. The minimum Gasteiger partial charge on any atom is -0.350 e. The van der Waals surface area contributed by atoms with Crippen molar-refractivity contribution in [2.24, 2.45) is 16.3 Å². The third-order valence-corrected chi connectivity index (χ3v) is 6.22. The van der Waals surface area contributed by atoms with Crippen molar-refractivity contribution in [2.45, 2.75) is 63.5 Å². The van der Waals surface area contributed by atoms with Crippen LogP contribution in [0.4, 0.5) is 0 Å². The number of rotatable bonds is 12. The maximum absolute atomic E-state index is 12.3. The molecule has 0 bridgehead atoms. The first-order valence-corrected chi connectivity index (χ1v) is 11.4. The van der Waals surface area contributed by atoms with Gasteiger partial charge in [0.1, 0.15) is 0 Å². The molecule has 3 unspecified atom stereocenters. The number of carbonyl (C=O) groups excluding carboxylic acids is 2. The number of nitrogens with zero attached hydrogens (tertiary/aromatic N) is 4. The number of unbranched alkanes of at least 4 members (excludes halogenated alkanes) is 1. The quantitative estimate of drug-likeness (QED) is 0.195. The average Bonchev–Trinajstić information content (AvgIpc) is 3.21. The van der Waals surface area contributed by atoms with Crippen LogP contribution in [0, 0.1) is 10.8 Å². The van der Waals surface area contributed by atoms with E-state index in [-0.39, 0.29) is 17.9 Å². The molecular weight excluding hydrogens is 410 g/mol. The number of amides is 2. The lowest BCUT2D eigenvalue weighted by molar-refractivity contribution is -0.123. The highest BCUT2D eigenvalue weighted by Gasteiger charge is 2.38. The molecule has 3 atom stereocenters. The van der Waals surface area contributed by atoms with Gasteiger partial charge in [-0.25, -0.2) is 5.43 Å². The summed E-state index contributed by atoms with van der Waals surface area (Å²) in [5.41, 5.74) is 4.23. The summed E-state index contributed by atoms with van der Waals surface area (Å²) in [7, 11) is 1.63. The van der Waals surface area contributed by atoms with E-state index in [0.29, 0.717) is 44.3 Å². The molecule has 0 spiro atoms. The van der Waals surface area contributed by atoms with Crippen LogP contribution < -0.4 is 16.1 Å². The zero-order valence-electron chi connectivity index (χ0n) is 18.6. The van der Waals surface area contributed by atoms with Gasteiger partial charge in [-0.2, -0.15) is 5.10 Å². The average molecular weight is 444 g/mol. The molecule has 32 heavy (non-hydrogen) atoms. The van der Waals surface area contributed by atoms with Gasteiger partial charge in [0, 0.05) is 50.1 Å². The molecule has 1 aromatic rings. The number of pyridine rings is 1. The first kappa shape index (κ1) is 23.8. The monoisotopic (exact) mass is 443 g/mol. The summed E-state index contributed by atoms with van der Waals surface area (Å²) in [5, 5.41) is 15.0. The number of aromatic nitrogens is 1. The second-order valence-electron chi connectivity index (χ2n) is 8.57. The highest BCUT2D eigenvalue weighted by molar-refractivity contribution is 6.00. The lowest BCUT2D eigenvalue weighted by atomic mass is 9.94. The molecule has 2 aliphatic rings. The molecule has 1 aliphatic carbocycles. The SMILES string of the molecule is CN(CCCC(=NNC(=O)CCCCC1CCC2NCC(=O)NC12)c1cccnc1)N=O. The van der Waals surface area contributed by atoms with Crippen LogP contribution in [-0.2, 0) is 9.59 Å². The van der Waals surface area contributed by atoms with Crippen molar-refractivity contribution in [1.29, 1.82) is 0 Å². The van der Waals surface area contributed by atoms with Crippen molar-refractivity contribution < 1.29 is 9.59 Å². The van der Waals surface area contributed by atoms with Gasteiger partial charge in [-0.05, 0) is 50.5 Å². The van der Waals surface area contributed by atoms with E-state index >= 15 is 0 Å². The van der Waals surface area contributed by atoms with Gasteiger partial charge in [0.2, 0.25) is 11.8 Å². The molecule has 174 valence electrons. The predicted octanol–water partition coefficient (Wildman–Crippen LogP) is 1.72. The van der Waals surface area contributed by atoms with E-state index in [2.05, 4.69) is 31.4 Å². The molecule has 0 aromatic carbocycles. The van der Waals surface area contributed by atoms with Crippen LogP contribution in [0.5, 0.6) is 0 Å². The van der Waals surface area contributed by atoms with Gasteiger partial charge in [0.05, 0.1) is 17.5 Å². The molecule has 1 aromatic heterocycles. The van der Waals surface area contributed by atoms with Crippen molar-refractivity contribution in [3.05, 3.63) is 35.0 Å². The number of hydrogen-bond acceptors (Lipinski definition) is 7. The molecule has 3 rings (SSSR count). The van der Waals surface area contributed by atoms with E-state index in [1.807, 2.05) is 12.1 Å².